The Morgan fingerprint density at radius 3 is 2.80 bits per heavy atom. The number of hydrogen-bond donors (Lipinski definition) is 2. The molecule has 7 heteroatoms. The molecule has 2 rings (SSSR count). The summed E-state index contributed by atoms with van der Waals surface area (Å²) in [7, 11) is 0. The zero-order valence-electron chi connectivity index (χ0n) is 10.5. The number of amides is 1. The van der Waals surface area contributed by atoms with Gasteiger partial charge in [0.1, 0.15) is 5.76 Å². The zero-order valence-corrected chi connectivity index (χ0v) is 10.5. The van der Waals surface area contributed by atoms with Gasteiger partial charge in [0.2, 0.25) is 0 Å². The Bertz CT molecular complexity index is 636. The first-order valence-electron chi connectivity index (χ1n) is 5.90. The van der Waals surface area contributed by atoms with E-state index in [1.807, 2.05) is 0 Å². The Morgan fingerprint density at radius 2 is 2.15 bits per heavy atom. The van der Waals surface area contributed by atoms with Crippen LogP contribution in [0.15, 0.2) is 40.8 Å². The Labute approximate surface area is 114 Å². The van der Waals surface area contributed by atoms with Gasteiger partial charge in [-0.05, 0) is 17.7 Å². The van der Waals surface area contributed by atoms with Crippen molar-refractivity contribution < 1.29 is 14.1 Å². The molecule has 2 aromatic rings. The van der Waals surface area contributed by atoms with Crippen LogP contribution in [0.25, 0.3) is 0 Å². The lowest BCUT2D eigenvalue weighted by atomic mass is 10.2. The van der Waals surface area contributed by atoms with Gasteiger partial charge in [-0.3, -0.25) is 14.9 Å². The van der Waals surface area contributed by atoms with Crippen LogP contribution in [0.5, 0.6) is 0 Å². The molecular weight excluding hydrogens is 262 g/mol. The number of nitro groups is 1. The number of furan rings is 1. The third-order valence-electron chi connectivity index (χ3n) is 2.66. The lowest BCUT2D eigenvalue weighted by Crippen LogP contribution is -2.22. The number of rotatable bonds is 5. The summed E-state index contributed by atoms with van der Waals surface area (Å²) in [5, 5.41) is 13.3. The maximum atomic E-state index is 11.8. The average molecular weight is 275 g/mol. The number of nitrogens with one attached hydrogen (secondary N) is 1. The number of nitro benzene ring substituents is 1. The lowest BCUT2D eigenvalue weighted by Gasteiger charge is -2.03. The minimum atomic E-state index is -0.481. The Kier molecular flexibility index (Phi) is 4.11. The molecule has 0 aliphatic rings. The van der Waals surface area contributed by atoms with E-state index in [-0.39, 0.29) is 24.5 Å². The van der Waals surface area contributed by atoms with E-state index in [0.717, 1.165) is 0 Å². The Morgan fingerprint density at radius 1 is 1.35 bits per heavy atom. The molecule has 0 spiro atoms. The van der Waals surface area contributed by atoms with Crippen molar-refractivity contribution in [1.82, 2.24) is 5.32 Å². The molecule has 0 unspecified atom stereocenters. The van der Waals surface area contributed by atoms with Gasteiger partial charge in [0.15, 0.2) is 5.76 Å². The van der Waals surface area contributed by atoms with E-state index >= 15 is 0 Å². The zero-order chi connectivity index (χ0) is 14.5. The second kappa shape index (κ2) is 5.98. The number of carbonyl (C=O) groups is 1. The van der Waals surface area contributed by atoms with E-state index in [9.17, 15) is 14.9 Å². The van der Waals surface area contributed by atoms with Crippen LogP contribution >= 0.6 is 0 Å². The summed E-state index contributed by atoms with van der Waals surface area (Å²) in [6.07, 6.45) is 0. The summed E-state index contributed by atoms with van der Waals surface area (Å²) in [4.78, 5) is 21.9. The second-order valence-corrected chi connectivity index (χ2v) is 4.08. The van der Waals surface area contributed by atoms with Gasteiger partial charge in [-0.2, -0.15) is 0 Å². The molecule has 0 aliphatic heterocycles. The standard InChI is InChI=1S/C13H13N3O4/c14-7-11-4-5-12(20-11)13(17)15-8-9-2-1-3-10(6-9)16(18)19/h1-6H,7-8,14H2,(H,15,17). The van der Waals surface area contributed by atoms with Crippen LogP contribution in [-0.4, -0.2) is 10.8 Å². The maximum absolute atomic E-state index is 11.8. The van der Waals surface area contributed by atoms with Gasteiger partial charge in [0.25, 0.3) is 11.6 Å². The summed E-state index contributed by atoms with van der Waals surface area (Å²) in [5.41, 5.74) is 6.01. The summed E-state index contributed by atoms with van der Waals surface area (Å²) >= 11 is 0. The fourth-order valence-electron chi connectivity index (χ4n) is 1.66. The summed E-state index contributed by atoms with van der Waals surface area (Å²) in [5.74, 6) is 0.289. The normalized spacial score (nSPS) is 10.2. The molecule has 0 aliphatic carbocycles. The summed E-state index contributed by atoms with van der Waals surface area (Å²) in [6, 6.07) is 9.23. The van der Waals surface area contributed by atoms with Crippen LogP contribution in [0.4, 0.5) is 5.69 Å². The monoisotopic (exact) mass is 275 g/mol. The first-order chi connectivity index (χ1) is 9.60. The molecule has 0 radical (unpaired) electrons. The van der Waals surface area contributed by atoms with Gasteiger partial charge in [0, 0.05) is 18.7 Å². The van der Waals surface area contributed by atoms with Crippen molar-refractivity contribution >= 4 is 11.6 Å². The quantitative estimate of drug-likeness (QED) is 0.635. The molecule has 0 bridgehead atoms. The third-order valence-corrected chi connectivity index (χ3v) is 2.66. The minimum Gasteiger partial charge on any atom is -0.455 e. The fourth-order valence-corrected chi connectivity index (χ4v) is 1.66. The molecular formula is C13H13N3O4. The predicted molar refractivity (Wildman–Crippen MR) is 70.9 cm³/mol. The van der Waals surface area contributed by atoms with E-state index in [1.165, 1.54) is 18.2 Å². The number of non-ortho nitro benzene ring substituents is 1. The van der Waals surface area contributed by atoms with Crippen LogP contribution < -0.4 is 11.1 Å². The molecule has 0 atom stereocenters. The summed E-state index contributed by atoms with van der Waals surface area (Å²) in [6.45, 7) is 0.400. The second-order valence-electron chi connectivity index (χ2n) is 4.08. The van der Waals surface area contributed by atoms with Gasteiger partial charge >= 0.3 is 0 Å². The Balaban J connectivity index is 1.99. The Hall–Kier alpha value is -2.67. The number of carbonyl (C=O) groups excluding carboxylic acids is 1. The van der Waals surface area contributed by atoms with Crippen LogP contribution in [-0.2, 0) is 13.1 Å². The van der Waals surface area contributed by atoms with Crippen molar-refractivity contribution in [3.05, 3.63) is 63.6 Å². The topological polar surface area (TPSA) is 111 Å². The predicted octanol–water partition coefficient (Wildman–Crippen LogP) is 1.58. The summed E-state index contributed by atoms with van der Waals surface area (Å²) < 4.78 is 5.20. The van der Waals surface area contributed by atoms with Crippen molar-refractivity contribution in [2.24, 2.45) is 5.73 Å². The molecule has 7 nitrogen and oxygen atoms in total. The number of benzene rings is 1. The molecule has 20 heavy (non-hydrogen) atoms. The van der Waals surface area contributed by atoms with Crippen LogP contribution in [0.1, 0.15) is 21.9 Å². The highest BCUT2D eigenvalue weighted by atomic mass is 16.6. The minimum absolute atomic E-state index is 0.0137. The highest BCUT2D eigenvalue weighted by Gasteiger charge is 2.11. The molecule has 3 N–H and O–H groups in total. The van der Waals surface area contributed by atoms with Crippen molar-refractivity contribution in [2.45, 2.75) is 13.1 Å². The van der Waals surface area contributed by atoms with Crippen molar-refractivity contribution in [3.63, 3.8) is 0 Å². The molecule has 0 saturated carbocycles. The van der Waals surface area contributed by atoms with E-state index < -0.39 is 10.8 Å². The van der Waals surface area contributed by atoms with Gasteiger partial charge in [0.05, 0.1) is 11.5 Å². The molecule has 1 heterocycles. The average Bonchev–Trinajstić information content (AvgIpc) is 2.94. The molecule has 104 valence electrons. The van der Waals surface area contributed by atoms with Crippen LogP contribution in [0.3, 0.4) is 0 Å². The molecule has 0 saturated heterocycles. The smallest absolute Gasteiger partial charge is 0.287 e. The van der Waals surface area contributed by atoms with Crippen molar-refractivity contribution in [3.8, 4) is 0 Å². The van der Waals surface area contributed by atoms with Crippen LogP contribution in [0, 0.1) is 10.1 Å². The van der Waals surface area contributed by atoms with E-state index in [4.69, 9.17) is 10.2 Å². The van der Waals surface area contributed by atoms with E-state index in [2.05, 4.69) is 5.32 Å². The van der Waals surface area contributed by atoms with Crippen molar-refractivity contribution in [2.75, 3.05) is 0 Å². The maximum Gasteiger partial charge on any atom is 0.287 e. The number of nitrogens with two attached hydrogens (primary N) is 1. The third kappa shape index (κ3) is 3.21. The first kappa shape index (κ1) is 13.8. The van der Waals surface area contributed by atoms with Gasteiger partial charge in [-0.15, -0.1) is 0 Å². The molecule has 1 amide bonds. The van der Waals surface area contributed by atoms with Gasteiger partial charge in [-0.1, -0.05) is 12.1 Å². The molecule has 1 aromatic heterocycles. The molecule has 0 fully saturated rings. The van der Waals surface area contributed by atoms with Gasteiger partial charge < -0.3 is 15.5 Å². The number of hydrogen-bond acceptors (Lipinski definition) is 5. The highest BCUT2D eigenvalue weighted by Crippen LogP contribution is 2.13. The van der Waals surface area contributed by atoms with Gasteiger partial charge in [-0.25, -0.2) is 0 Å². The van der Waals surface area contributed by atoms with Crippen molar-refractivity contribution in [1.29, 1.82) is 0 Å². The highest BCUT2D eigenvalue weighted by molar-refractivity contribution is 5.91. The molecule has 1 aromatic carbocycles. The SMILES string of the molecule is NCc1ccc(C(=O)NCc2cccc([N+](=O)[O-])c2)o1. The van der Waals surface area contributed by atoms with E-state index in [1.54, 1.807) is 18.2 Å². The largest absolute Gasteiger partial charge is 0.455 e. The first-order valence-corrected chi connectivity index (χ1v) is 5.90. The van der Waals surface area contributed by atoms with Crippen LogP contribution in [0.2, 0.25) is 0 Å². The van der Waals surface area contributed by atoms with E-state index in [0.29, 0.717) is 11.3 Å². The fraction of sp³-hybridized carbons (Fsp3) is 0.154. The lowest BCUT2D eigenvalue weighted by molar-refractivity contribution is -0.384. The number of nitrogens with zero attached hydrogens (tertiary/aromatic N) is 1.